The number of rotatable bonds is 3. The first-order valence-electron chi connectivity index (χ1n) is 6.29. The van der Waals surface area contributed by atoms with Crippen molar-refractivity contribution in [3.8, 4) is 0 Å². The first-order chi connectivity index (χ1) is 9.40. The van der Waals surface area contributed by atoms with Crippen LogP contribution in [0.15, 0.2) is 12.1 Å². The molecule has 1 fully saturated rings. The number of piperidine rings is 1. The van der Waals surface area contributed by atoms with Gasteiger partial charge in [-0.05, 0) is 18.6 Å². The minimum Gasteiger partial charge on any atom is -0.389 e. The average Bonchev–Trinajstić information content (AvgIpc) is 2.40. The largest absolute Gasteiger partial charge is 0.389 e. The van der Waals surface area contributed by atoms with E-state index in [1.165, 1.54) is 0 Å². The molecule has 3 N–H and O–H groups in total. The van der Waals surface area contributed by atoms with Gasteiger partial charge >= 0.3 is 0 Å². The molecule has 7 heteroatoms. The number of nitrogens with zero attached hydrogens (tertiary/aromatic N) is 1. The summed E-state index contributed by atoms with van der Waals surface area (Å²) in [5, 5.41) is 28.4. The van der Waals surface area contributed by atoms with Gasteiger partial charge in [-0.2, -0.15) is 0 Å². The molecule has 0 aromatic heterocycles. The van der Waals surface area contributed by atoms with Gasteiger partial charge in [0.25, 0.3) is 0 Å². The molecule has 112 valence electrons. The number of hydrogen-bond acceptors (Lipinski definition) is 4. The molecule has 0 saturated carbocycles. The smallest absolute Gasteiger partial charge is 0.147 e. The van der Waals surface area contributed by atoms with Crippen LogP contribution < -0.4 is 0 Å². The summed E-state index contributed by atoms with van der Waals surface area (Å²) in [6.07, 6.45) is -3.28. The van der Waals surface area contributed by atoms with Gasteiger partial charge in [0.2, 0.25) is 0 Å². The van der Waals surface area contributed by atoms with Crippen molar-refractivity contribution >= 4 is 11.6 Å². The van der Waals surface area contributed by atoms with Gasteiger partial charge in [0.1, 0.15) is 17.7 Å². The van der Waals surface area contributed by atoms with Crippen LogP contribution >= 0.6 is 11.6 Å². The topological polar surface area (TPSA) is 63.9 Å². The maximum absolute atomic E-state index is 13.7. The highest BCUT2D eigenvalue weighted by molar-refractivity contribution is 6.30. The summed E-state index contributed by atoms with van der Waals surface area (Å²) >= 11 is 5.60. The van der Waals surface area contributed by atoms with Gasteiger partial charge in [-0.1, -0.05) is 11.6 Å². The summed E-state index contributed by atoms with van der Waals surface area (Å²) in [4.78, 5) is 1.64. The van der Waals surface area contributed by atoms with Crippen LogP contribution in [0.25, 0.3) is 0 Å². The molecule has 1 aliphatic rings. The Balaban J connectivity index is 2.01. The molecule has 0 spiro atoms. The van der Waals surface area contributed by atoms with E-state index >= 15 is 0 Å². The summed E-state index contributed by atoms with van der Waals surface area (Å²) in [5.74, 6) is -1.46. The number of aliphatic hydroxyl groups is 3. The van der Waals surface area contributed by atoms with Crippen LogP contribution in [0.5, 0.6) is 0 Å². The summed E-state index contributed by atoms with van der Waals surface area (Å²) in [5.41, 5.74) is -0.118. The van der Waals surface area contributed by atoms with Gasteiger partial charge in [-0.25, -0.2) is 8.78 Å². The van der Waals surface area contributed by atoms with Crippen molar-refractivity contribution < 1.29 is 24.1 Å². The van der Waals surface area contributed by atoms with Gasteiger partial charge in [0.15, 0.2) is 0 Å². The van der Waals surface area contributed by atoms with E-state index in [0.29, 0.717) is 0 Å². The third-order valence-electron chi connectivity index (χ3n) is 3.50. The maximum atomic E-state index is 13.7. The first-order valence-corrected chi connectivity index (χ1v) is 6.67. The van der Waals surface area contributed by atoms with Crippen LogP contribution in [0.4, 0.5) is 8.78 Å². The molecule has 1 aliphatic heterocycles. The molecule has 1 aromatic rings. The number of likely N-dealkylation sites (tertiary alicyclic amines) is 1. The van der Waals surface area contributed by atoms with Crippen molar-refractivity contribution in [1.29, 1.82) is 0 Å². The van der Waals surface area contributed by atoms with E-state index in [2.05, 4.69) is 0 Å². The Bertz CT molecular complexity index is 477. The highest BCUT2D eigenvalue weighted by atomic mass is 35.5. The second kappa shape index (κ2) is 6.32. The summed E-state index contributed by atoms with van der Waals surface area (Å²) < 4.78 is 27.2. The first kappa shape index (κ1) is 15.6. The van der Waals surface area contributed by atoms with Crippen molar-refractivity contribution in [3.63, 3.8) is 0 Å². The summed E-state index contributed by atoms with van der Waals surface area (Å²) in [6.45, 7) is 0.527. The Labute approximate surface area is 120 Å². The van der Waals surface area contributed by atoms with Gasteiger partial charge in [0.05, 0.1) is 17.2 Å². The van der Waals surface area contributed by atoms with Crippen molar-refractivity contribution in [1.82, 2.24) is 4.90 Å². The highest BCUT2D eigenvalue weighted by Gasteiger charge is 2.33. The SMILES string of the molecule is O[C@H]1[C@H](O)CN(CCc2c(F)ccc(Cl)c2F)C[C@@H]1O. The Morgan fingerprint density at radius 2 is 1.75 bits per heavy atom. The molecule has 20 heavy (non-hydrogen) atoms. The minimum atomic E-state index is -1.19. The van der Waals surface area contributed by atoms with E-state index in [1.54, 1.807) is 4.90 Å². The van der Waals surface area contributed by atoms with Crippen molar-refractivity contribution in [3.05, 3.63) is 34.4 Å². The lowest BCUT2D eigenvalue weighted by Crippen LogP contribution is -2.55. The zero-order chi connectivity index (χ0) is 14.9. The third kappa shape index (κ3) is 3.27. The zero-order valence-electron chi connectivity index (χ0n) is 10.6. The summed E-state index contributed by atoms with van der Waals surface area (Å²) in [7, 11) is 0. The molecule has 3 atom stereocenters. The second-order valence-corrected chi connectivity index (χ2v) is 5.36. The quantitative estimate of drug-likeness (QED) is 0.714. The van der Waals surface area contributed by atoms with E-state index in [4.69, 9.17) is 11.6 Å². The van der Waals surface area contributed by atoms with E-state index in [9.17, 15) is 24.1 Å². The van der Waals surface area contributed by atoms with Gasteiger partial charge < -0.3 is 15.3 Å². The molecule has 1 saturated heterocycles. The van der Waals surface area contributed by atoms with E-state index in [1.807, 2.05) is 0 Å². The van der Waals surface area contributed by atoms with E-state index in [0.717, 1.165) is 12.1 Å². The molecule has 2 rings (SSSR count). The second-order valence-electron chi connectivity index (χ2n) is 4.96. The predicted molar refractivity (Wildman–Crippen MR) is 69.5 cm³/mol. The van der Waals surface area contributed by atoms with E-state index in [-0.39, 0.29) is 36.6 Å². The average molecular weight is 308 g/mol. The zero-order valence-corrected chi connectivity index (χ0v) is 11.4. The fourth-order valence-corrected chi connectivity index (χ4v) is 2.50. The van der Waals surface area contributed by atoms with Crippen LogP contribution in [-0.4, -0.2) is 58.2 Å². The molecular formula is C13H16ClF2NO3. The van der Waals surface area contributed by atoms with Gasteiger partial charge in [0, 0.05) is 25.2 Å². The normalized spacial score (nSPS) is 27.8. The fraction of sp³-hybridized carbons (Fsp3) is 0.538. The number of aliphatic hydroxyl groups excluding tert-OH is 3. The molecule has 1 heterocycles. The Hall–Kier alpha value is -0.790. The number of hydrogen-bond donors (Lipinski definition) is 3. The number of halogens is 3. The molecule has 0 unspecified atom stereocenters. The molecule has 0 radical (unpaired) electrons. The molecule has 0 bridgehead atoms. The van der Waals surface area contributed by atoms with Gasteiger partial charge in [-0.15, -0.1) is 0 Å². The molecule has 1 aromatic carbocycles. The van der Waals surface area contributed by atoms with Crippen LogP contribution in [-0.2, 0) is 6.42 Å². The molecular weight excluding hydrogens is 292 g/mol. The lowest BCUT2D eigenvalue weighted by Gasteiger charge is -2.36. The monoisotopic (exact) mass is 307 g/mol. The van der Waals surface area contributed by atoms with Crippen LogP contribution in [0, 0.1) is 11.6 Å². The van der Waals surface area contributed by atoms with E-state index < -0.39 is 29.9 Å². The Morgan fingerprint density at radius 1 is 1.15 bits per heavy atom. The van der Waals surface area contributed by atoms with Crippen molar-refractivity contribution in [2.45, 2.75) is 24.7 Å². The Kier molecular flexibility index (Phi) is 4.93. The van der Waals surface area contributed by atoms with Gasteiger partial charge in [-0.3, -0.25) is 4.90 Å². The lowest BCUT2D eigenvalue weighted by atomic mass is 10.0. The predicted octanol–water partition coefficient (Wildman–Crippen LogP) is 0.559. The highest BCUT2D eigenvalue weighted by Crippen LogP contribution is 2.22. The standard InChI is InChI=1S/C13H16ClF2NO3/c14-8-1-2-9(15)7(12(8)16)3-4-17-5-10(18)13(20)11(19)6-17/h1-2,10-11,13,18-20H,3-6H2/t10-,11+,13+. The molecule has 4 nitrogen and oxygen atoms in total. The molecule has 0 aliphatic carbocycles. The van der Waals surface area contributed by atoms with Crippen LogP contribution in [0.1, 0.15) is 5.56 Å². The number of β-amino-alcohol motifs (C(OH)–C–C–N with tert-alkyl or cyclic N) is 2. The summed E-state index contributed by atoms with van der Waals surface area (Å²) in [6, 6.07) is 2.25. The van der Waals surface area contributed by atoms with Crippen LogP contribution in [0.2, 0.25) is 5.02 Å². The minimum absolute atomic E-state index is 0.0633. The number of benzene rings is 1. The third-order valence-corrected chi connectivity index (χ3v) is 3.79. The van der Waals surface area contributed by atoms with Crippen LogP contribution in [0.3, 0.4) is 0 Å². The van der Waals surface area contributed by atoms with Crippen molar-refractivity contribution in [2.75, 3.05) is 19.6 Å². The maximum Gasteiger partial charge on any atom is 0.147 e. The lowest BCUT2D eigenvalue weighted by molar-refractivity contribution is -0.109. The fourth-order valence-electron chi connectivity index (χ4n) is 2.33. The Morgan fingerprint density at radius 3 is 2.35 bits per heavy atom. The van der Waals surface area contributed by atoms with Crippen molar-refractivity contribution in [2.24, 2.45) is 0 Å². The molecule has 0 amide bonds.